The minimum atomic E-state index is -0.481. The van der Waals surface area contributed by atoms with Gasteiger partial charge in [-0.25, -0.2) is 4.68 Å². The van der Waals surface area contributed by atoms with Crippen LogP contribution in [0.15, 0.2) is 28.7 Å². The summed E-state index contributed by atoms with van der Waals surface area (Å²) in [5.41, 5.74) is 6.83. The maximum absolute atomic E-state index is 11.1. The molecule has 0 atom stereocenters. The SMILES string of the molecule is CC(C)c1nn(-c2ccccc2Br)c(N)c1[N+](=O)[O-]. The molecule has 0 saturated carbocycles. The molecule has 2 rings (SSSR count). The number of benzene rings is 1. The second-order valence-electron chi connectivity index (χ2n) is 4.39. The standard InChI is InChI=1S/C12H13BrN4O2/c1-7(2)10-11(17(18)19)12(14)16(15-10)9-6-4-3-5-8(9)13/h3-7H,14H2,1-2H3. The first kappa shape index (κ1) is 13.5. The molecule has 2 aromatic rings. The molecule has 6 nitrogen and oxygen atoms in total. The van der Waals surface area contributed by atoms with Gasteiger partial charge in [0.05, 0.1) is 10.6 Å². The molecule has 0 saturated heterocycles. The van der Waals surface area contributed by atoms with E-state index < -0.39 is 4.92 Å². The van der Waals surface area contributed by atoms with E-state index in [0.717, 1.165) is 4.47 Å². The Balaban J connectivity index is 2.70. The predicted octanol–water partition coefficient (Wildman–Crippen LogP) is 3.25. The monoisotopic (exact) mass is 324 g/mol. The first-order chi connectivity index (χ1) is 8.93. The number of para-hydroxylation sites is 1. The summed E-state index contributed by atoms with van der Waals surface area (Å²) in [5.74, 6) is -0.0352. The lowest BCUT2D eigenvalue weighted by Gasteiger charge is -2.05. The highest BCUT2D eigenvalue weighted by molar-refractivity contribution is 9.10. The molecule has 0 unspecified atom stereocenters. The molecule has 19 heavy (non-hydrogen) atoms. The van der Waals surface area contributed by atoms with Gasteiger partial charge in [-0.05, 0) is 28.1 Å². The quantitative estimate of drug-likeness (QED) is 0.693. The third-order valence-electron chi connectivity index (χ3n) is 2.73. The molecule has 100 valence electrons. The lowest BCUT2D eigenvalue weighted by molar-refractivity contribution is -0.384. The Morgan fingerprint density at radius 1 is 1.42 bits per heavy atom. The number of halogens is 1. The summed E-state index contributed by atoms with van der Waals surface area (Å²) in [4.78, 5) is 10.7. The van der Waals surface area contributed by atoms with Gasteiger partial charge in [0.25, 0.3) is 0 Å². The van der Waals surface area contributed by atoms with E-state index in [-0.39, 0.29) is 17.4 Å². The predicted molar refractivity (Wildman–Crippen MR) is 76.4 cm³/mol. The van der Waals surface area contributed by atoms with Crippen LogP contribution in [-0.2, 0) is 0 Å². The average Bonchev–Trinajstić information content (AvgIpc) is 2.68. The summed E-state index contributed by atoms with van der Waals surface area (Å²) in [6.45, 7) is 3.69. The molecular weight excluding hydrogens is 312 g/mol. The van der Waals surface area contributed by atoms with E-state index >= 15 is 0 Å². The van der Waals surface area contributed by atoms with Gasteiger partial charge in [0.15, 0.2) is 0 Å². The van der Waals surface area contributed by atoms with E-state index in [1.807, 2.05) is 32.0 Å². The maximum atomic E-state index is 11.1. The number of nitrogen functional groups attached to an aromatic ring is 1. The third kappa shape index (κ3) is 2.33. The second kappa shape index (κ2) is 5.00. The Hall–Kier alpha value is -1.89. The molecule has 0 spiro atoms. The molecule has 0 aliphatic rings. The number of nitrogens with zero attached hydrogens (tertiary/aromatic N) is 3. The topological polar surface area (TPSA) is 87.0 Å². The van der Waals surface area contributed by atoms with Gasteiger partial charge in [-0.3, -0.25) is 10.1 Å². The van der Waals surface area contributed by atoms with Gasteiger partial charge in [0.2, 0.25) is 5.82 Å². The zero-order valence-electron chi connectivity index (χ0n) is 10.5. The summed E-state index contributed by atoms with van der Waals surface area (Å²) in [6.07, 6.45) is 0. The van der Waals surface area contributed by atoms with Crippen molar-refractivity contribution in [2.24, 2.45) is 0 Å². The summed E-state index contributed by atoms with van der Waals surface area (Å²) < 4.78 is 2.17. The Kier molecular flexibility index (Phi) is 3.57. The molecule has 1 heterocycles. The maximum Gasteiger partial charge on any atom is 0.334 e. The molecule has 0 fully saturated rings. The normalized spacial score (nSPS) is 10.9. The number of rotatable bonds is 3. The molecule has 1 aromatic carbocycles. The minimum absolute atomic E-state index is 0.0422. The van der Waals surface area contributed by atoms with Crippen molar-refractivity contribution in [3.8, 4) is 5.69 Å². The van der Waals surface area contributed by atoms with Crippen molar-refractivity contribution in [3.05, 3.63) is 44.5 Å². The average molecular weight is 325 g/mol. The van der Waals surface area contributed by atoms with Crippen LogP contribution in [0.2, 0.25) is 0 Å². The van der Waals surface area contributed by atoms with Crippen molar-refractivity contribution in [1.29, 1.82) is 0 Å². The second-order valence-corrected chi connectivity index (χ2v) is 5.25. The van der Waals surface area contributed by atoms with Crippen LogP contribution >= 0.6 is 15.9 Å². The van der Waals surface area contributed by atoms with Gasteiger partial charge in [0.1, 0.15) is 5.69 Å². The zero-order chi connectivity index (χ0) is 14.2. The Labute approximate surface area is 118 Å². The molecule has 0 radical (unpaired) electrons. The molecular formula is C12H13BrN4O2. The lowest BCUT2D eigenvalue weighted by Crippen LogP contribution is -2.03. The van der Waals surface area contributed by atoms with E-state index in [9.17, 15) is 10.1 Å². The molecule has 7 heteroatoms. The van der Waals surface area contributed by atoms with Crippen LogP contribution in [0.4, 0.5) is 11.5 Å². The molecule has 0 amide bonds. The van der Waals surface area contributed by atoms with Gasteiger partial charge in [-0.2, -0.15) is 5.10 Å². The van der Waals surface area contributed by atoms with Crippen molar-refractivity contribution in [3.63, 3.8) is 0 Å². The van der Waals surface area contributed by atoms with E-state index in [1.165, 1.54) is 4.68 Å². The Bertz CT molecular complexity index is 637. The highest BCUT2D eigenvalue weighted by Gasteiger charge is 2.28. The number of nitrogens with two attached hydrogens (primary N) is 1. The third-order valence-corrected chi connectivity index (χ3v) is 3.40. The van der Waals surface area contributed by atoms with E-state index in [4.69, 9.17) is 5.73 Å². The van der Waals surface area contributed by atoms with E-state index in [0.29, 0.717) is 11.4 Å². The first-order valence-electron chi connectivity index (χ1n) is 5.71. The van der Waals surface area contributed by atoms with Crippen LogP contribution < -0.4 is 5.73 Å². The van der Waals surface area contributed by atoms with Crippen molar-refractivity contribution in [1.82, 2.24) is 9.78 Å². The molecule has 2 N–H and O–H groups in total. The summed E-state index contributed by atoms with van der Waals surface area (Å²) >= 11 is 3.39. The summed E-state index contributed by atoms with van der Waals surface area (Å²) in [6, 6.07) is 7.30. The van der Waals surface area contributed by atoms with Crippen molar-refractivity contribution < 1.29 is 4.92 Å². The number of anilines is 1. The van der Waals surface area contributed by atoms with Crippen molar-refractivity contribution in [2.75, 3.05) is 5.73 Å². The Morgan fingerprint density at radius 3 is 2.53 bits per heavy atom. The zero-order valence-corrected chi connectivity index (χ0v) is 12.1. The van der Waals surface area contributed by atoms with Crippen molar-refractivity contribution in [2.45, 2.75) is 19.8 Å². The van der Waals surface area contributed by atoms with E-state index in [1.54, 1.807) is 6.07 Å². The van der Waals surface area contributed by atoms with Crippen LogP contribution in [0, 0.1) is 10.1 Å². The highest BCUT2D eigenvalue weighted by atomic mass is 79.9. The van der Waals surface area contributed by atoms with Crippen LogP contribution in [0.1, 0.15) is 25.5 Å². The lowest BCUT2D eigenvalue weighted by atomic mass is 10.1. The largest absolute Gasteiger partial charge is 0.378 e. The van der Waals surface area contributed by atoms with Gasteiger partial charge in [-0.15, -0.1) is 0 Å². The molecule has 0 aliphatic heterocycles. The fraction of sp³-hybridized carbons (Fsp3) is 0.250. The van der Waals surface area contributed by atoms with Gasteiger partial charge in [0, 0.05) is 10.4 Å². The number of aromatic nitrogens is 2. The Morgan fingerprint density at radius 2 is 2.05 bits per heavy atom. The highest BCUT2D eigenvalue weighted by Crippen LogP contribution is 2.34. The molecule has 0 bridgehead atoms. The summed E-state index contributed by atoms with van der Waals surface area (Å²) in [7, 11) is 0. The van der Waals surface area contributed by atoms with E-state index in [2.05, 4.69) is 21.0 Å². The van der Waals surface area contributed by atoms with Gasteiger partial charge < -0.3 is 5.73 Å². The van der Waals surface area contributed by atoms with Crippen LogP contribution in [-0.4, -0.2) is 14.7 Å². The molecule has 1 aromatic heterocycles. The number of nitro groups is 1. The van der Waals surface area contributed by atoms with Crippen LogP contribution in [0.5, 0.6) is 0 Å². The van der Waals surface area contributed by atoms with Crippen LogP contribution in [0.3, 0.4) is 0 Å². The first-order valence-corrected chi connectivity index (χ1v) is 6.50. The van der Waals surface area contributed by atoms with Crippen LogP contribution in [0.25, 0.3) is 5.69 Å². The minimum Gasteiger partial charge on any atom is -0.378 e. The molecule has 0 aliphatic carbocycles. The van der Waals surface area contributed by atoms with Crippen molar-refractivity contribution >= 4 is 27.4 Å². The fourth-order valence-electron chi connectivity index (χ4n) is 1.82. The number of hydrogen-bond acceptors (Lipinski definition) is 4. The summed E-state index contributed by atoms with van der Waals surface area (Å²) in [5, 5.41) is 15.4. The fourth-order valence-corrected chi connectivity index (χ4v) is 2.28. The smallest absolute Gasteiger partial charge is 0.334 e. The van der Waals surface area contributed by atoms with Gasteiger partial charge >= 0.3 is 5.69 Å². The van der Waals surface area contributed by atoms with Gasteiger partial charge in [-0.1, -0.05) is 26.0 Å². The number of hydrogen-bond donors (Lipinski definition) is 1.